The van der Waals surface area contributed by atoms with Crippen LogP contribution in [0.3, 0.4) is 0 Å². The lowest BCUT2D eigenvalue weighted by Crippen LogP contribution is -2.21. The molecule has 1 amide bonds. The number of aromatic nitrogens is 1. The number of hydrogen-bond acceptors (Lipinski definition) is 7. The van der Waals surface area contributed by atoms with Gasteiger partial charge in [-0.2, -0.15) is 0 Å². The highest BCUT2D eigenvalue weighted by Gasteiger charge is 2.19. The van der Waals surface area contributed by atoms with Crippen LogP contribution in [0.2, 0.25) is 0 Å². The van der Waals surface area contributed by atoms with Gasteiger partial charge in [0.2, 0.25) is 10.0 Å². The molecule has 0 bridgehead atoms. The third-order valence-corrected chi connectivity index (χ3v) is 7.02. The summed E-state index contributed by atoms with van der Waals surface area (Å²) < 4.78 is 46.1. The van der Waals surface area contributed by atoms with Crippen LogP contribution in [0.1, 0.15) is 23.2 Å². The Morgan fingerprint density at radius 2 is 1.91 bits per heavy atom. The zero-order chi connectivity index (χ0) is 24.0. The first-order chi connectivity index (χ1) is 15.7. The number of sulfonamides is 1. The van der Waals surface area contributed by atoms with Gasteiger partial charge >= 0.3 is 5.97 Å². The van der Waals surface area contributed by atoms with Crippen molar-refractivity contribution in [2.75, 3.05) is 22.9 Å². The highest BCUT2D eigenvalue weighted by Crippen LogP contribution is 2.27. The Morgan fingerprint density at radius 3 is 2.61 bits per heavy atom. The number of benzene rings is 2. The van der Waals surface area contributed by atoms with E-state index in [9.17, 15) is 22.4 Å². The molecule has 0 spiro atoms. The Hall–Kier alpha value is -2.83. The van der Waals surface area contributed by atoms with Crippen LogP contribution in [0.15, 0.2) is 52.3 Å². The highest BCUT2D eigenvalue weighted by molar-refractivity contribution is 9.10. The molecule has 0 saturated heterocycles. The quantitative estimate of drug-likeness (QED) is 0.371. The first-order valence-corrected chi connectivity index (χ1v) is 12.9. The Balaban J connectivity index is 1.73. The van der Waals surface area contributed by atoms with Crippen molar-refractivity contribution in [2.45, 2.75) is 12.8 Å². The first kappa shape index (κ1) is 24.8. The molecule has 3 aromatic rings. The SMILES string of the molecule is COC(=O)CCCS(=O)(=O)Nc1cc(F)ccc1C(=O)Nc1nc(-c2ccc(Br)cc2)cs1. The topological polar surface area (TPSA) is 114 Å². The third kappa shape index (κ3) is 7.07. The third-order valence-electron chi connectivity index (χ3n) is 4.38. The number of amides is 1. The number of halogens is 2. The van der Waals surface area contributed by atoms with Gasteiger partial charge in [0.15, 0.2) is 5.13 Å². The summed E-state index contributed by atoms with van der Waals surface area (Å²) in [6, 6.07) is 10.6. The minimum Gasteiger partial charge on any atom is -0.469 e. The molecule has 1 heterocycles. The molecule has 0 radical (unpaired) electrons. The van der Waals surface area contributed by atoms with E-state index in [-0.39, 0.29) is 24.1 Å². The van der Waals surface area contributed by atoms with E-state index in [1.54, 1.807) is 5.38 Å². The van der Waals surface area contributed by atoms with E-state index < -0.39 is 33.5 Å². The Morgan fingerprint density at radius 1 is 1.18 bits per heavy atom. The monoisotopic (exact) mass is 555 g/mol. The van der Waals surface area contributed by atoms with Crippen molar-refractivity contribution < 1.29 is 27.1 Å². The van der Waals surface area contributed by atoms with Crippen LogP contribution in [0.4, 0.5) is 15.2 Å². The van der Waals surface area contributed by atoms with E-state index in [2.05, 4.69) is 35.7 Å². The maximum Gasteiger partial charge on any atom is 0.305 e. The molecule has 3 rings (SSSR count). The van der Waals surface area contributed by atoms with E-state index in [4.69, 9.17) is 0 Å². The molecule has 33 heavy (non-hydrogen) atoms. The number of hydrogen-bond donors (Lipinski definition) is 2. The number of carbonyl (C=O) groups is 2. The number of ether oxygens (including phenoxy) is 1. The molecule has 0 aliphatic heterocycles. The Bertz CT molecular complexity index is 1260. The average Bonchev–Trinajstić information content (AvgIpc) is 3.22. The Labute approximate surface area is 202 Å². The minimum atomic E-state index is -3.94. The summed E-state index contributed by atoms with van der Waals surface area (Å²) in [5.41, 5.74) is 1.23. The van der Waals surface area contributed by atoms with Crippen molar-refractivity contribution >= 4 is 60.0 Å². The van der Waals surface area contributed by atoms with Gasteiger partial charge in [0.25, 0.3) is 5.91 Å². The number of nitrogens with one attached hydrogen (secondary N) is 2. The molecule has 0 aliphatic rings. The van der Waals surface area contributed by atoms with Gasteiger partial charge in [-0.3, -0.25) is 19.6 Å². The van der Waals surface area contributed by atoms with Crippen molar-refractivity contribution in [3.8, 4) is 11.3 Å². The van der Waals surface area contributed by atoms with E-state index in [0.29, 0.717) is 10.8 Å². The van der Waals surface area contributed by atoms with Crippen LogP contribution in [0.25, 0.3) is 11.3 Å². The highest BCUT2D eigenvalue weighted by atomic mass is 79.9. The molecule has 0 fully saturated rings. The minimum absolute atomic E-state index is 0.0107. The molecule has 8 nitrogen and oxygen atoms in total. The number of carbonyl (C=O) groups excluding carboxylic acids is 2. The standard InChI is InChI=1S/C21H19BrFN3O5S2/c1-31-19(27)3-2-10-33(29,30)26-17-11-15(23)8-9-16(17)20(28)25-21-24-18(12-32-21)13-4-6-14(22)7-5-13/h4-9,11-12,26H,2-3,10H2,1H3,(H,24,25,28). The molecule has 2 N–H and O–H groups in total. The summed E-state index contributed by atoms with van der Waals surface area (Å²) in [6.07, 6.45) is -0.0740. The summed E-state index contributed by atoms with van der Waals surface area (Å²) in [4.78, 5) is 28.4. The summed E-state index contributed by atoms with van der Waals surface area (Å²) >= 11 is 4.57. The average molecular weight is 556 g/mol. The van der Waals surface area contributed by atoms with Crippen molar-refractivity contribution in [3.63, 3.8) is 0 Å². The largest absolute Gasteiger partial charge is 0.469 e. The smallest absolute Gasteiger partial charge is 0.305 e. The van der Waals surface area contributed by atoms with Crippen molar-refractivity contribution in [3.05, 3.63) is 63.7 Å². The normalized spacial score (nSPS) is 11.1. The van der Waals surface area contributed by atoms with E-state index >= 15 is 0 Å². The zero-order valence-electron chi connectivity index (χ0n) is 17.3. The molecule has 12 heteroatoms. The molecule has 2 aromatic carbocycles. The fourth-order valence-corrected chi connectivity index (χ4v) is 4.88. The molecular weight excluding hydrogens is 537 g/mol. The summed E-state index contributed by atoms with van der Waals surface area (Å²) in [5, 5.41) is 4.68. The molecule has 0 unspecified atom stereocenters. The van der Waals surface area contributed by atoms with Gasteiger partial charge in [-0.05, 0) is 36.8 Å². The van der Waals surface area contributed by atoms with Gasteiger partial charge in [-0.1, -0.05) is 28.1 Å². The van der Waals surface area contributed by atoms with Gasteiger partial charge in [0.05, 0.1) is 29.8 Å². The summed E-state index contributed by atoms with van der Waals surface area (Å²) in [5.74, 6) is -2.31. The molecule has 174 valence electrons. The molecule has 1 aromatic heterocycles. The predicted molar refractivity (Wildman–Crippen MR) is 128 cm³/mol. The van der Waals surface area contributed by atoms with E-state index in [1.807, 2.05) is 24.3 Å². The van der Waals surface area contributed by atoms with Crippen LogP contribution < -0.4 is 10.0 Å². The second-order valence-electron chi connectivity index (χ2n) is 6.79. The number of anilines is 2. The van der Waals surface area contributed by atoms with Crippen LogP contribution in [0, 0.1) is 5.82 Å². The van der Waals surface area contributed by atoms with Gasteiger partial charge in [-0.15, -0.1) is 11.3 Å². The van der Waals surface area contributed by atoms with E-state index in [0.717, 1.165) is 22.2 Å². The van der Waals surface area contributed by atoms with Gasteiger partial charge in [-0.25, -0.2) is 17.8 Å². The predicted octanol–water partition coefficient (Wildman–Crippen LogP) is 4.66. The number of rotatable bonds is 9. The maximum absolute atomic E-state index is 13.8. The number of esters is 1. The molecule has 0 saturated carbocycles. The van der Waals surface area contributed by atoms with Crippen LogP contribution in [-0.2, 0) is 19.6 Å². The van der Waals surface area contributed by atoms with Crippen LogP contribution in [-0.4, -0.2) is 38.1 Å². The zero-order valence-corrected chi connectivity index (χ0v) is 20.5. The Kier molecular flexibility index (Phi) is 8.16. The summed E-state index contributed by atoms with van der Waals surface area (Å²) in [6.45, 7) is 0. The fraction of sp³-hybridized carbons (Fsp3) is 0.190. The van der Waals surface area contributed by atoms with Crippen molar-refractivity contribution in [1.29, 1.82) is 0 Å². The van der Waals surface area contributed by atoms with Gasteiger partial charge in [0.1, 0.15) is 5.82 Å². The van der Waals surface area contributed by atoms with Crippen molar-refractivity contribution in [1.82, 2.24) is 4.98 Å². The van der Waals surface area contributed by atoms with Gasteiger partial charge < -0.3 is 4.74 Å². The van der Waals surface area contributed by atoms with Gasteiger partial charge in [0, 0.05) is 21.8 Å². The number of thiazole rings is 1. The van der Waals surface area contributed by atoms with Crippen molar-refractivity contribution in [2.24, 2.45) is 0 Å². The lowest BCUT2D eigenvalue weighted by Gasteiger charge is -2.12. The lowest BCUT2D eigenvalue weighted by atomic mass is 10.1. The number of nitrogens with zero attached hydrogens (tertiary/aromatic N) is 1. The molecule has 0 aliphatic carbocycles. The van der Waals surface area contributed by atoms with Crippen LogP contribution >= 0.6 is 27.3 Å². The molecule has 0 atom stereocenters. The number of methoxy groups -OCH3 is 1. The maximum atomic E-state index is 13.8. The summed E-state index contributed by atoms with van der Waals surface area (Å²) in [7, 11) is -2.74. The second kappa shape index (κ2) is 10.9. The molecular formula is C21H19BrFN3O5S2. The first-order valence-electron chi connectivity index (χ1n) is 9.56. The van der Waals surface area contributed by atoms with E-state index in [1.165, 1.54) is 24.5 Å². The second-order valence-corrected chi connectivity index (χ2v) is 10.4. The fourth-order valence-electron chi connectivity index (χ4n) is 2.77. The van der Waals surface area contributed by atoms with Crippen LogP contribution in [0.5, 0.6) is 0 Å². The lowest BCUT2D eigenvalue weighted by molar-refractivity contribution is -0.140.